The van der Waals surface area contributed by atoms with Gasteiger partial charge in [-0.1, -0.05) is 47.5 Å². The lowest BCUT2D eigenvalue weighted by Crippen LogP contribution is -2.51. The van der Waals surface area contributed by atoms with Crippen molar-refractivity contribution in [3.05, 3.63) is 75.8 Å². The van der Waals surface area contributed by atoms with Crippen molar-refractivity contribution in [3.63, 3.8) is 0 Å². The van der Waals surface area contributed by atoms with Gasteiger partial charge in [0.05, 0.1) is 190 Å². The summed E-state index contributed by atoms with van der Waals surface area (Å²) in [4.78, 5) is 25.7. The highest BCUT2D eigenvalue weighted by atomic mass is 35.5. The Morgan fingerprint density at radius 1 is 0.557 bits per heavy atom. The summed E-state index contributed by atoms with van der Waals surface area (Å²) < 4.78 is 111. The number of methoxy groups -OCH3 is 3. The van der Waals surface area contributed by atoms with Crippen LogP contribution in [0, 0.1) is 0 Å². The van der Waals surface area contributed by atoms with Gasteiger partial charge in [-0.15, -0.1) is 0 Å². The number of hydrogen-bond acceptors (Lipinski definition) is 19. The number of amides is 1. The Morgan fingerprint density at radius 3 is 1.30 bits per heavy atom. The Bertz CT molecular complexity index is 2210. The summed E-state index contributed by atoms with van der Waals surface area (Å²) in [5.41, 5.74) is 2.86. The van der Waals surface area contributed by atoms with Gasteiger partial charge in [-0.25, -0.2) is 13.2 Å². The molecule has 79 heavy (non-hydrogen) atoms. The van der Waals surface area contributed by atoms with Crippen molar-refractivity contribution in [1.29, 1.82) is 0 Å². The summed E-state index contributed by atoms with van der Waals surface area (Å²) in [6.45, 7) is 11.7. The van der Waals surface area contributed by atoms with Crippen molar-refractivity contribution < 1.29 is 94.2 Å². The smallest absolute Gasteiger partial charge is 0.326 e. The van der Waals surface area contributed by atoms with Crippen molar-refractivity contribution >= 4 is 45.1 Å². The van der Waals surface area contributed by atoms with Crippen LogP contribution in [0.5, 0.6) is 11.5 Å². The second-order valence-electron chi connectivity index (χ2n) is 17.3. The van der Waals surface area contributed by atoms with Gasteiger partial charge in [0.25, 0.3) is 0 Å². The fourth-order valence-electron chi connectivity index (χ4n) is 7.70. The van der Waals surface area contributed by atoms with Crippen molar-refractivity contribution in [3.8, 4) is 22.6 Å². The number of halogens is 2. The number of sulfonamides is 1. The van der Waals surface area contributed by atoms with E-state index in [1.807, 2.05) is 12.1 Å². The highest BCUT2D eigenvalue weighted by molar-refractivity contribution is 7.89. The highest BCUT2D eigenvalue weighted by Gasteiger charge is 2.41. The number of carboxylic acid groups (broad SMARTS) is 1. The number of carboxylic acids is 1. The topological polar surface area (TPSA) is 242 Å². The molecule has 446 valence electrons. The molecular weight excluding hydrogens is 1100 g/mol. The number of nitrogens with one attached hydrogen (secondary N) is 1. The Balaban J connectivity index is 0.970. The lowest BCUT2D eigenvalue weighted by molar-refractivity contribution is -0.142. The van der Waals surface area contributed by atoms with E-state index in [0.29, 0.717) is 188 Å². The third-order valence-electron chi connectivity index (χ3n) is 11.6. The van der Waals surface area contributed by atoms with Gasteiger partial charge in [-0.05, 0) is 59.9 Å². The van der Waals surface area contributed by atoms with E-state index in [4.69, 9.17) is 94.3 Å². The number of ether oxygens (including phenoxy) is 15. The predicted octanol–water partition coefficient (Wildman–Crippen LogP) is 4.99. The van der Waals surface area contributed by atoms with Gasteiger partial charge in [-0.3, -0.25) is 4.79 Å². The van der Waals surface area contributed by atoms with Gasteiger partial charge >= 0.3 is 5.97 Å². The number of benzene rings is 3. The SMILES string of the molecule is COCCOCCOCCOCCOCCOCCOCCOCCOCCOCCOCCOCCOCc1cc(OC)c(-c2ccc(C[C@H](NC(=O)[C@@H]3CCCN3S(=O)(=O)c3cc(Cl)cc(Cl)c3)C(=O)O)cc2)c(OC)c1. The van der Waals surface area contributed by atoms with E-state index in [2.05, 4.69) is 5.32 Å². The van der Waals surface area contributed by atoms with Crippen LogP contribution in [0.25, 0.3) is 11.1 Å². The molecule has 1 amide bonds. The first-order chi connectivity index (χ1) is 38.5. The number of aliphatic carboxylic acids is 1. The van der Waals surface area contributed by atoms with Gasteiger partial charge in [0, 0.05) is 30.1 Å². The molecule has 0 unspecified atom stereocenters. The molecule has 1 saturated heterocycles. The van der Waals surface area contributed by atoms with Crippen molar-refractivity contribution in [1.82, 2.24) is 9.62 Å². The Labute approximate surface area is 474 Å². The number of carbonyl (C=O) groups excluding carboxylic acids is 1. The Hall–Kier alpha value is -3.83. The van der Waals surface area contributed by atoms with E-state index in [-0.39, 0.29) is 40.9 Å². The van der Waals surface area contributed by atoms with Gasteiger partial charge in [0.1, 0.15) is 23.6 Å². The van der Waals surface area contributed by atoms with Crippen LogP contribution in [0.15, 0.2) is 59.5 Å². The average molecular weight is 1180 g/mol. The zero-order valence-corrected chi connectivity index (χ0v) is 48.0. The van der Waals surface area contributed by atoms with E-state index in [0.717, 1.165) is 15.4 Å². The van der Waals surface area contributed by atoms with Crippen LogP contribution in [-0.2, 0) is 94.2 Å². The second kappa shape index (κ2) is 41.2. The van der Waals surface area contributed by atoms with Gasteiger partial charge in [-0.2, -0.15) is 4.31 Å². The van der Waals surface area contributed by atoms with Crippen molar-refractivity contribution in [2.45, 2.75) is 42.8 Å². The summed E-state index contributed by atoms with van der Waals surface area (Å²) >= 11 is 12.1. The molecule has 0 aliphatic carbocycles. The maximum atomic E-state index is 13.5. The van der Waals surface area contributed by atoms with Gasteiger partial charge in [0.15, 0.2) is 0 Å². The molecule has 0 spiro atoms. The maximum Gasteiger partial charge on any atom is 0.326 e. The fourth-order valence-corrected chi connectivity index (χ4v) is 10.1. The average Bonchev–Trinajstić information content (AvgIpc) is 4.02. The number of rotatable bonds is 48. The lowest BCUT2D eigenvalue weighted by atomic mass is 9.98. The first-order valence-corrected chi connectivity index (χ1v) is 28.4. The second-order valence-corrected chi connectivity index (χ2v) is 20.1. The predicted molar refractivity (Wildman–Crippen MR) is 292 cm³/mol. The van der Waals surface area contributed by atoms with Crippen LogP contribution in [0.4, 0.5) is 0 Å². The molecule has 2 atom stereocenters. The molecule has 2 N–H and O–H groups in total. The normalized spacial score (nSPS) is 14.2. The van der Waals surface area contributed by atoms with Gasteiger partial charge < -0.3 is 81.5 Å². The minimum atomic E-state index is -4.16. The Kier molecular flexibility index (Phi) is 35.3. The summed E-state index contributed by atoms with van der Waals surface area (Å²) in [6, 6.07) is 12.3. The van der Waals surface area contributed by atoms with Gasteiger partial charge in [0.2, 0.25) is 15.9 Å². The molecule has 1 fully saturated rings. The molecule has 3 aromatic carbocycles. The molecule has 0 bridgehead atoms. The Morgan fingerprint density at radius 2 is 0.937 bits per heavy atom. The number of carbonyl (C=O) groups is 2. The van der Waals surface area contributed by atoms with Crippen molar-refractivity contribution in [2.24, 2.45) is 0 Å². The van der Waals surface area contributed by atoms with E-state index < -0.39 is 34.0 Å². The van der Waals surface area contributed by atoms with Crippen LogP contribution in [-0.4, -0.2) is 228 Å². The van der Waals surface area contributed by atoms with E-state index >= 15 is 0 Å². The first kappa shape index (κ1) is 67.7. The molecule has 1 aliphatic heterocycles. The summed E-state index contributed by atoms with van der Waals surface area (Å²) in [5.74, 6) is -0.902. The molecule has 1 heterocycles. The molecule has 0 aromatic heterocycles. The zero-order chi connectivity index (χ0) is 56.8. The fraction of sp³-hybridized carbons (Fsp3) is 0.630. The van der Waals surface area contributed by atoms with Crippen LogP contribution >= 0.6 is 23.2 Å². The molecule has 4 rings (SSSR count). The van der Waals surface area contributed by atoms with E-state index in [1.165, 1.54) is 18.2 Å². The van der Waals surface area contributed by atoms with Crippen LogP contribution < -0.4 is 14.8 Å². The molecular formula is C54H80Cl2N2O20S. The van der Waals surface area contributed by atoms with Crippen LogP contribution in [0.1, 0.15) is 24.0 Å². The van der Waals surface area contributed by atoms with Crippen molar-refractivity contribution in [2.75, 3.05) is 186 Å². The molecule has 0 radical (unpaired) electrons. The summed E-state index contributed by atoms with van der Waals surface area (Å²) in [7, 11) is 0.586. The third kappa shape index (κ3) is 27.2. The zero-order valence-electron chi connectivity index (χ0n) is 45.7. The standard InChI is InChI=1S/C54H80Cl2N2O20S/c1-64-11-12-67-13-14-68-15-16-69-17-18-70-19-20-71-21-22-72-23-24-73-25-26-74-27-28-75-29-30-76-31-32-77-33-34-78-41-43-36-50(65-2)52(51(37-43)66-3)44-8-6-42(7-9-44)35-48(54(60)61)57-53(59)49-5-4-10-58(49)79(62,63)47-39-45(55)38-46(56)40-47/h6-9,36-40,48-49H,4-5,10-35,41H2,1-3H3,(H,57,59)(H,60,61)/t48-,49-/m0/s1. The minimum absolute atomic E-state index is 0.0581. The number of hydrogen-bond donors (Lipinski definition) is 2. The molecule has 1 aliphatic rings. The molecule has 3 aromatic rings. The monoisotopic (exact) mass is 1180 g/mol. The van der Waals surface area contributed by atoms with Crippen LogP contribution in [0.3, 0.4) is 0 Å². The maximum absolute atomic E-state index is 13.5. The molecule has 0 saturated carbocycles. The van der Waals surface area contributed by atoms with E-state index in [1.54, 1.807) is 45.6 Å². The van der Waals surface area contributed by atoms with E-state index in [9.17, 15) is 23.1 Å². The summed E-state index contributed by atoms with van der Waals surface area (Å²) in [6.07, 6.45) is 0.574. The first-order valence-electron chi connectivity index (χ1n) is 26.3. The largest absolute Gasteiger partial charge is 0.496 e. The quantitative estimate of drug-likeness (QED) is 0.0708. The van der Waals surface area contributed by atoms with Crippen LogP contribution in [0.2, 0.25) is 10.0 Å². The molecule has 22 nitrogen and oxygen atoms in total. The third-order valence-corrected chi connectivity index (χ3v) is 13.9. The highest BCUT2D eigenvalue weighted by Crippen LogP contribution is 2.40. The lowest BCUT2D eigenvalue weighted by Gasteiger charge is -2.25. The minimum Gasteiger partial charge on any atom is -0.496 e. The molecule has 25 heteroatoms. The number of nitrogens with zero attached hydrogens (tertiary/aromatic N) is 1. The summed E-state index contributed by atoms with van der Waals surface area (Å²) in [5, 5.41) is 12.9.